The van der Waals surface area contributed by atoms with Crippen molar-refractivity contribution in [2.45, 2.75) is 27.7 Å². The van der Waals surface area contributed by atoms with Crippen LogP contribution in [0.15, 0.2) is 10.5 Å². The quantitative estimate of drug-likeness (QED) is 0.803. The van der Waals surface area contributed by atoms with Gasteiger partial charge in [0.2, 0.25) is 0 Å². The number of rotatable bonds is 5. The van der Waals surface area contributed by atoms with Crippen molar-refractivity contribution < 1.29 is 23.5 Å². The molecule has 0 spiro atoms. The van der Waals surface area contributed by atoms with Gasteiger partial charge in [0.25, 0.3) is 5.91 Å². The third-order valence-corrected chi connectivity index (χ3v) is 2.52. The molecule has 0 unspecified atom stereocenters. The van der Waals surface area contributed by atoms with Gasteiger partial charge in [0.15, 0.2) is 6.61 Å². The molecule has 0 fully saturated rings. The van der Waals surface area contributed by atoms with E-state index in [1.54, 1.807) is 13.8 Å². The van der Waals surface area contributed by atoms with Crippen LogP contribution in [0.3, 0.4) is 0 Å². The van der Waals surface area contributed by atoms with Gasteiger partial charge in [-0.1, -0.05) is 13.8 Å². The van der Waals surface area contributed by atoms with Crippen LogP contribution in [0.5, 0.6) is 0 Å². The lowest BCUT2D eigenvalue weighted by molar-refractivity contribution is -0.123. The Balaban J connectivity index is 2.37. The fourth-order valence-corrected chi connectivity index (χ4v) is 1.55. The molecule has 116 valence electrons. The molecule has 0 radical (unpaired) electrons. The third-order valence-electron chi connectivity index (χ3n) is 2.52. The van der Waals surface area contributed by atoms with Crippen LogP contribution in [0.4, 0.5) is 4.79 Å². The molecule has 7 heteroatoms. The van der Waals surface area contributed by atoms with E-state index in [9.17, 15) is 14.4 Å². The number of hydrogen-bond acceptors (Lipinski definition) is 5. The molecule has 0 saturated carbocycles. The lowest BCUT2D eigenvalue weighted by Crippen LogP contribution is -2.42. The molecule has 1 aromatic heterocycles. The molecular weight excluding hydrogens is 276 g/mol. The van der Waals surface area contributed by atoms with Crippen molar-refractivity contribution in [2.24, 2.45) is 5.92 Å². The number of ether oxygens (including phenoxy) is 1. The number of carbonyl (C=O) groups is 3. The number of amides is 3. The number of esters is 1. The molecule has 1 aromatic rings. The highest BCUT2D eigenvalue weighted by molar-refractivity contribution is 5.97. The van der Waals surface area contributed by atoms with Crippen molar-refractivity contribution in [3.63, 3.8) is 0 Å². The first-order valence-electron chi connectivity index (χ1n) is 6.61. The molecule has 0 atom stereocenters. The second-order valence-corrected chi connectivity index (χ2v) is 5.06. The van der Waals surface area contributed by atoms with Crippen molar-refractivity contribution >= 4 is 17.9 Å². The standard InChI is InChI=1S/C14H20N2O5/c1-8(2)6-15-14(19)16-12(17)7-20-13(18)11-5-9(3)21-10(11)4/h5,8H,6-7H2,1-4H3,(H2,15,16,17,19). The maximum atomic E-state index is 11.7. The van der Waals surface area contributed by atoms with E-state index < -0.39 is 24.5 Å². The predicted molar refractivity (Wildman–Crippen MR) is 74.8 cm³/mol. The summed E-state index contributed by atoms with van der Waals surface area (Å²) in [4.78, 5) is 34.5. The number of urea groups is 1. The fraction of sp³-hybridized carbons (Fsp3) is 0.500. The van der Waals surface area contributed by atoms with Crippen molar-refractivity contribution in [1.29, 1.82) is 0 Å². The first kappa shape index (κ1) is 16.7. The molecule has 0 aromatic carbocycles. The zero-order valence-electron chi connectivity index (χ0n) is 12.6. The molecule has 0 saturated heterocycles. The SMILES string of the molecule is Cc1cc(C(=O)OCC(=O)NC(=O)NCC(C)C)c(C)o1. The van der Waals surface area contributed by atoms with Crippen LogP contribution in [-0.2, 0) is 9.53 Å². The summed E-state index contributed by atoms with van der Waals surface area (Å²) in [6, 6.07) is 0.922. The van der Waals surface area contributed by atoms with Gasteiger partial charge in [0, 0.05) is 6.54 Å². The second kappa shape index (κ2) is 7.47. The predicted octanol–water partition coefficient (Wildman–Crippen LogP) is 1.54. The Kier molecular flexibility index (Phi) is 5.95. The molecule has 2 N–H and O–H groups in total. The molecular formula is C14H20N2O5. The first-order chi connectivity index (χ1) is 9.79. The third kappa shape index (κ3) is 5.68. The average Bonchev–Trinajstić information content (AvgIpc) is 2.72. The minimum Gasteiger partial charge on any atom is -0.466 e. The Labute approximate surface area is 123 Å². The molecule has 21 heavy (non-hydrogen) atoms. The van der Waals surface area contributed by atoms with Crippen molar-refractivity contribution in [3.8, 4) is 0 Å². The average molecular weight is 296 g/mol. The molecule has 0 bridgehead atoms. The van der Waals surface area contributed by atoms with E-state index in [-0.39, 0.29) is 11.5 Å². The summed E-state index contributed by atoms with van der Waals surface area (Å²) in [5.74, 6) is -0.0786. The number of carbonyl (C=O) groups excluding carboxylic acids is 3. The Bertz CT molecular complexity index is 533. The Morgan fingerprint density at radius 3 is 2.48 bits per heavy atom. The van der Waals surface area contributed by atoms with Crippen LogP contribution < -0.4 is 10.6 Å². The number of furan rings is 1. The van der Waals surface area contributed by atoms with Gasteiger partial charge in [0.1, 0.15) is 17.1 Å². The molecule has 7 nitrogen and oxygen atoms in total. The summed E-state index contributed by atoms with van der Waals surface area (Å²) >= 11 is 0. The van der Waals surface area contributed by atoms with Crippen LogP contribution in [0.25, 0.3) is 0 Å². The van der Waals surface area contributed by atoms with E-state index in [2.05, 4.69) is 10.6 Å². The maximum absolute atomic E-state index is 11.7. The molecule has 0 aliphatic heterocycles. The minimum atomic E-state index is -0.692. The summed E-state index contributed by atoms with van der Waals surface area (Å²) in [5, 5.41) is 4.59. The zero-order chi connectivity index (χ0) is 16.0. The Morgan fingerprint density at radius 2 is 1.95 bits per heavy atom. The van der Waals surface area contributed by atoms with E-state index >= 15 is 0 Å². The van der Waals surface area contributed by atoms with E-state index in [4.69, 9.17) is 9.15 Å². The number of imide groups is 1. The van der Waals surface area contributed by atoms with Gasteiger partial charge < -0.3 is 14.5 Å². The first-order valence-corrected chi connectivity index (χ1v) is 6.61. The smallest absolute Gasteiger partial charge is 0.342 e. The monoisotopic (exact) mass is 296 g/mol. The minimum absolute atomic E-state index is 0.268. The van der Waals surface area contributed by atoms with E-state index in [1.165, 1.54) is 6.07 Å². The van der Waals surface area contributed by atoms with Crippen molar-refractivity contribution in [3.05, 3.63) is 23.2 Å². The maximum Gasteiger partial charge on any atom is 0.342 e. The van der Waals surface area contributed by atoms with Crippen molar-refractivity contribution in [2.75, 3.05) is 13.2 Å². The van der Waals surface area contributed by atoms with Gasteiger partial charge in [-0.05, 0) is 25.8 Å². The number of hydrogen-bond donors (Lipinski definition) is 2. The summed E-state index contributed by atoms with van der Waals surface area (Å²) in [5.41, 5.74) is 0.268. The summed E-state index contributed by atoms with van der Waals surface area (Å²) in [7, 11) is 0. The zero-order valence-corrected chi connectivity index (χ0v) is 12.6. The number of aryl methyl sites for hydroxylation is 2. The largest absolute Gasteiger partial charge is 0.466 e. The number of nitrogens with one attached hydrogen (secondary N) is 2. The lowest BCUT2D eigenvalue weighted by Gasteiger charge is -2.08. The van der Waals surface area contributed by atoms with Crippen LogP contribution in [0, 0.1) is 19.8 Å². The Morgan fingerprint density at radius 1 is 1.29 bits per heavy atom. The summed E-state index contributed by atoms with van der Waals surface area (Å²) in [6.45, 7) is 7.11. The summed E-state index contributed by atoms with van der Waals surface area (Å²) < 4.78 is 10.0. The topological polar surface area (TPSA) is 97.6 Å². The van der Waals surface area contributed by atoms with Gasteiger partial charge in [-0.2, -0.15) is 0 Å². The van der Waals surface area contributed by atoms with E-state index in [0.717, 1.165) is 0 Å². The highest BCUT2D eigenvalue weighted by atomic mass is 16.5. The van der Waals surface area contributed by atoms with Gasteiger partial charge in [-0.15, -0.1) is 0 Å². The highest BCUT2D eigenvalue weighted by Gasteiger charge is 2.17. The van der Waals surface area contributed by atoms with Crippen LogP contribution in [-0.4, -0.2) is 31.1 Å². The van der Waals surface area contributed by atoms with Crippen LogP contribution in [0.1, 0.15) is 35.7 Å². The fourth-order valence-electron chi connectivity index (χ4n) is 1.55. The normalized spacial score (nSPS) is 10.3. The summed E-state index contributed by atoms with van der Waals surface area (Å²) in [6.07, 6.45) is 0. The van der Waals surface area contributed by atoms with Crippen LogP contribution in [0.2, 0.25) is 0 Å². The van der Waals surface area contributed by atoms with Crippen LogP contribution >= 0.6 is 0 Å². The van der Waals surface area contributed by atoms with E-state index in [0.29, 0.717) is 18.1 Å². The van der Waals surface area contributed by atoms with Gasteiger partial charge in [-0.25, -0.2) is 9.59 Å². The molecule has 1 rings (SSSR count). The lowest BCUT2D eigenvalue weighted by atomic mass is 10.2. The molecule has 0 aliphatic rings. The van der Waals surface area contributed by atoms with E-state index in [1.807, 2.05) is 13.8 Å². The van der Waals surface area contributed by atoms with Gasteiger partial charge in [0.05, 0.1) is 0 Å². The Hall–Kier alpha value is -2.31. The van der Waals surface area contributed by atoms with Gasteiger partial charge in [-0.3, -0.25) is 10.1 Å². The molecule has 3 amide bonds. The molecule has 1 heterocycles. The van der Waals surface area contributed by atoms with Gasteiger partial charge >= 0.3 is 12.0 Å². The highest BCUT2D eigenvalue weighted by Crippen LogP contribution is 2.14. The van der Waals surface area contributed by atoms with Crippen molar-refractivity contribution in [1.82, 2.24) is 10.6 Å². The molecule has 0 aliphatic carbocycles. The second-order valence-electron chi connectivity index (χ2n) is 5.06.